The number of nitrogens with one attached hydrogen (secondary N) is 2. The van der Waals surface area contributed by atoms with Crippen molar-refractivity contribution in [3.63, 3.8) is 0 Å². The first-order valence-electron chi connectivity index (χ1n) is 7.69. The molecule has 0 aliphatic carbocycles. The Morgan fingerprint density at radius 2 is 1.64 bits per heavy atom. The zero-order valence-electron chi connectivity index (χ0n) is 14.6. The molecule has 0 atom stereocenters. The van der Waals surface area contributed by atoms with Crippen LogP contribution in [0.1, 0.15) is 36.7 Å². The molecular weight excluding hydrogens is 343 g/mol. The van der Waals surface area contributed by atoms with Gasteiger partial charge in [0.25, 0.3) is 15.9 Å². The zero-order valence-corrected chi connectivity index (χ0v) is 15.4. The molecule has 25 heavy (non-hydrogen) atoms. The number of sulfonamides is 1. The first-order valence-corrected chi connectivity index (χ1v) is 9.18. The van der Waals surface area contributed by atoms with Crippen LogP contribution < -0.4 is 10.0 Å². The summed E-state index contributed by atoms with van der Waals surface area (Å²) in [7, 11) is -3.84. The van der Waals surface area contributed by atoms with Crippen molar-refractivity contribution in [1.82, 2.24) is 5.32 Å². The number of hydrogen-bond acceptors (Lipinski definition) is 3. The van der Waals surface area contributed by atoms with Gasteiger partial charge in [0, 0.05) is 16.8 Å². The predicted molar refractivity (Wildman–Crippen MR) is 95.6 cm³/mol. The molecule has 0 aliphatic heterocycles. The van der Waals surface area contributed by atoms with E-state index in [9.17, 15) is 17.6 Å². The van der Waals surface area contributed by atoms with E-state index in [0.717, 1.165) is 12.1 Å². The maximum absolute atomic E-state index is 13.1. The van der Waals surface area contributed by atoms with Crippen molar-refractivity contribution < 1.29 is 17.6 Å². The zero-order chi connectivity index (χ0) is 18.8. The van der Waals surface area contributed by atoms with Crippen LogP contribution in [0.2, 0.25) is 0 Å². The summed E-state index contributed by atoms with van der Waals surface area (Å²) < 4.78 is 40.4. The Morgan fingerprint density at radius 3 is 2.16 bits per heavy atom. The number of carbonyl (C=O) groups excluding carboxylic acids is 1. The molecule has 2 aromatic rings. The fraction of sp³-hybridized carbons (Fsp3) is 0.278. The fourth-order valence-electron chi connectivity index (χ4n) is 2.23. The van der Waals surface area contributed by atoms with Crippen LogP contribution >= 0.6 is 0 Å². The predicted octanol–water partition coefficient (Wildman–Crippen LogP) is 3.46. The molecule has 7 heteroatoms. The van der Waals surface area contributed by atoms with E-state index in [1.165, 1.54) is 37.3 Å². The van der Waals surface area contributed by atoms with Crippen LogP contribution in [0.5, 0.6) is 0 Å². The largest absolute Gasteiger partial charge is 0.347 e. The second-order valence-corrected chi connectivity index (χ2v) is 8.45. The minimum absolute atomic E-state index is 0.00320. The normalized spacial score (nSPS) is 11.9. The van der Waals surface area contributed by atoms with Gasteiger partial charge in [0.2, 0.25) is 0 Å². The van der Waals surface area contributed by atoms with Gasteiger partial charge < -0.3 is 5.32 Å². The third-order valence-electron chi connectivity index (χ3n) is 3.31. The second-order valence-electron chi connectivity index (χ2n) is 6.80. The van der Waals surface area contributed by atoms with Crippen LogP contribution in [0.3, 0.4) is 0 Å². The van der Waals surface area contributed by atoms with Crippen molar-refractivity contribution in [3.05, 3.63) is 59.4 Å². The Balaban J connectivity index is 2.19. The lowest BCUT2D eigenvalue weighted by atomic mass is 10.1. The van der Waals surface area contributed by atoms with Crippen LogP contribution in [0.4, 0.5) is 10.1 Å². The van der Waals surface area contributed by atoms with E-state index in [0.29, 0.717) is 16.8 Å². The van der Waals surface area contributed by atoms with E-state index in [4.69, 9.17) is 0 Å². The van der Waals surface area contributed by atoms with Crippen molar-refractivity contribution in [2.24, 2.45) is 0 Å². The summed E-state index contributed by atoms with van der Waals surface area (Å²) in [5.41, 5.74) is 0.692. The number of halogens is 1. The summed E-state index contributed by atoms with van der Waals surface area (Å²) in [5.74, 6) is -0.734. The standard InChI is InChI=1S/C18H21FN2O3S/c1-12-11-14(19)7-10-16(12)25(23,24)21-15-8-5-13(6-9-15)17(22)20-18(2,3)4/h5-11,21H,1-4H3,(H,20,22). The number of anilines is 1. The molecule has 0 aliphatic rings. The maximum Gasteiger partial charge on any atom is 0.262 e. The Hall–Kier alpha value is -2.41. The highest BCUT2D eigenvalue weighted by molar-refractivity contribution is 7.92. The summed E-state index contributed by atoms with van der Waals surface area (Å²) in [6, 6.07) is 9.57. The van der Waals surface area contributed by atoms with Crippen molar-refractivity contribution in [3.8, 4) is 0 Å². The smallest absolute Gasteiger partial charge is 0.262 e. The summed E-state index contributed by atoms with van der Waals surface area (Å²) in [6.45, 7) is 7.15. The van der Waals surface area contributed by atoms with Crippen molar-refractivity contribution in [1.29, 1.82) is 0 Å². The molecule has 134 valence electrons. The van der Waals surface area contributed by atoms with Gasteiger partial charge in [-0.15, -0.1) is 0 Å². The molecule has 0 fully saturated rings. The van der Waals surface area contributed by atoms with Crippen LogP contribution in [0.15, 0.2) is 47.4 Å². The minimum atomic E-state index is -3.84. The lowest BCUT2D eigenvalue weighted by molar-refractivity contribution is 0.0919. The number of benzene rings is 2. The monoisotopic (exact) mass is 364 g/mol. The Kier molecular flexibility index (Phi) is 5.17. The highest BCUT2D eigenvalue weighted by atomic mass is 32.2. The lowest BCUT2D eigenvalue weighted by Crippen LogP contribution is -2.40. The highest BCUT2D eigenvalue weighted by Crippen LogP contribution is 2.20. The molecule has 0 unspecified atom stereocenters. The number of carbonyl (C=O) groups is 1. The van der Waals surface area contributed by atoms with Gasteiger partial charge in [-0.3, -0.25) is 9.52 Å². The first-order chi connectivity index (χ1) is 11.5. The summed E-state index contributed by atoms with van der Waals surface area (Å²) in [6.07, 6.45) is 0. The van der Waals surface area contributed by atoms with Gasteiger partial charge in [-0.05, 0) is 75.7 Å². The molecule has 0 heterocycles. The summed E-state index contributed by atoms with van der Waals surface area (Å²) in [5, 5.41) is 2.83. The molecular formula is C18H21FN2O3S. The van der Waals surface area contributed by atoms with Gasteiger partial charge in [0.1, 0.15) is 5.82 Å². The lowest BCUT2D eigenvalue weighted by Gasteiger charge is -2.20. The molecule has 0 saturated carbocycles. The van der Waals surface area contributed by atoms with Gasteiger partial charge in [0.15, 0.2) is 0 Å². The van der Waals surface area contributed by atoms with Gasteiger partial charge in [-0.2, -0.15) is 0 Å². The molecule has 1 amide bonds. The molecule has 0 radical (unpaired) electrons. The molecule has 2 aromatic carbocycles. The Bertz CT molecular complexity index is 886. The van der Waals surface area contributed by atoms with Crippen LogP contribution in [-0.4, -0.2) is 19.9 Å². The molecule has 0 aromatic heterocycles. The fourth-order valence-corrected chi connectivity index (χ4v) is 3.51. The third kappa shape index (κ3) is 5.03. The van der Waals surface area contributed by atoms with E-state index in [2.05, 4.69) is 10.0 Å². The molecule has 0 saturated heterocycles. The Morgan fingerprint density at radius 1 is 1.04 bits per heavy atom. The van der Waals surface area contributed by atoms with Crippen LogP contribution in [-0.2, 0) is 10.0 Å². The van der Waals surface area contributed by atoms with Gasteiger partial charge in [-0.1, -0.05) is 0 Å². The minimum Gasteiger partial charge on any atom is -0.347 e. The number of amides is 1. The Labute approximate surface area is 147 Å². The van der Waals surface area contributed by atoms with E-state index in [1.54, 1.807) is 0 Å². The average Bonchev–Trinajstić information content (AvgIpc) is 2.45. The number of rotatable bonds is 4. The molecule has 5 nitrogen and oxygen atoms in total. The van der Waals surface area contributed by atoms with Crippen molar-refractivity contribution in [2.45, 2.75) is 38.1 Å². The van der Waals surface area contributed by atoms with Gasteiger partial charge in [0.05, 0.1) is 4.90 Å². The summed E-state index contributed by atoms with van der Waals surface area (Å²) >= 11 is 0. The number of aryl methyl sites for hydroxylation is 1. The van der Waals surface area contributed by atoms with E-state index < -0.39 is 15.8 Å². The number of hydrogen-bond donors (Lipinski definition) is 2. The molecule has 2 N–H and O–H groups in total. The second kappa shape index (κ2) is 6.84. The van der Waals surface area contributed by atoms with E-state index in [1.807, 2.05) is 20.8 Å². The molecule has 2 rings (SSSR count). The topological polar surface area (TPSA) is 75.3 Å². The van der Waals surface area contributed by atoms with E-state index >= 15 is 0 Å². The van der Waals surface area contributed by atoms with E-state index in [-0.39, 0.29) is 16.3 Å². The van der Waals surface area contributed by atoms with Gasteiger partial charge in [-0.25, -0.2) is 12.8 Å². The molecule has 0 spiro atoms. The average molecular weight is 364 g/mol. The van der Waals surface area contributed by atoms with Crippen LogP contribution in [0, 0.1) is 12.7 Å². The third-order valence-corrected chi connectivity index (χ3v) is 4.86. The molecule has 0 bridgehead atoms. The first kappa shape index (κ1) is 18.9. The SMILES string of the molecule is Cc1cc(F)ccc1S(=O)(=O)Nc1ccc(C(=O)NC(C)(C)C)cc1. The van der Waals surface area contributed by atoms with Crippen molar-refractivity contribution in [2.75, 3.05) is 4.72 Å². The quantitative estimate of drug-likeness (QED) is 0.872. The van der Waals surface area contributed by atoms with Gasteiger partial charge >= 0.3 is 0 Å². The maximum atomic E-state index is 13.1. The summed E-state index contributed by atoms with van der Waals surface area (Å²) in [4.78, 5) is 12.1. The van der Waals surface area contributed by atoms with Crippen molar-refractivity contribution >= 4 is 21.6 Å². The van der Waals surface area contributed by atoms with Crippen LogP contribution in [0.25, 0.3) is 0 Å². The highest BCUT2D eigenvalue weighted by Gasteiger charge is 2.18.